The van der Waals surface area contributed by atoms with Gasteiger partial charge in [0.15, 0.2) is 11.6 Å². The number of nitrogens with zero attached hydrogens (tertiary/aromatic N) is 5. The number of fused-ring (bicyclic) bond motifs is 2. The van der Waals surface area contributed by atoms with Gasteiger partial charge >= 0.3 is 0 Å². The maximum Gasteiger partial charge on any atom is 0.258 e. The van der Waals surface area contributed by atoms with Gasteiger partial charge in [-0.15, -0.1) is 11.3 Å². The van der Waals surface area contributed by atoms with Gasteiger partial charge in [0.05, 0.1) is 34.4 Å². The first kappa shape index (κ1) is 22.9. The fourth-order valence-electron chi connectivity index (χ4n) is 4.32. The molecular weight excluding hydrogens is 496 g/mol. The summed E-state index contributed by atoms with van der Waals surface area (Å²) in [6.07, 6.45) is 4.74. The SMILES string of the molecule is Nc1ncnc2cnc(-c3ccc(CNc4nccc5c4C(=O)N(Cc4ccc(F)c(F)c4)C5)s3)cc12. The number of amides is 1. The zero-order valence-corrected chi connectivity index (χ0v) is 20.1. The van der Waals surface area contributed by atoms with Crippen molar-refractivity contribution in [3.05, 3.63) is 94.4 Å². The van der Waals surface area contributed by atoms with Crippen LogP contribution in [0.2, 0.25) is 0 Å². The Morgan fingerprint density at radius 3 is 2.78 bits per heavy atom. The first-order valence-electron chi connectivity index (χ1n) is 11.4. The minimum absolute atomic E-state index is 0.173. The fraction of sp³-hybridized carbons (Fsp3) is 0.115. The number of benzene rings is 1. The summed E-state index contributed by atoms with van der Waals surface area (Å²) < 4.78 is 26.9. The zero-order chi connectivity index (χ0) is 25.5. The highest BCUT2D eigenvalue weighted by Gasteiger charge is 2.31. The van der Waals surface area contributed by atoms with E-state index in [1.165, 1.54) is 12.4 Å². The lowest BCUT2D eigenvalue weighted by molar-refractivity contribution is 0.0767. The molecule has 184 valence electrons. The van der Waals surface area contributed by atoms with Crippen LogP contribution in [0.5, 0.6) is 0 Å². The molecule has 0 unspecified atom stereocenters. The molecule has 0 spiro atoms. The van der Waals surface area contributed by atoms with Crippen LogP contribution in [0.1, 0.15) is 26.4 Å². The van der Waals surface area contributed by atoms with Crippen molar-refractivity contribution in [3.63, 3.8) is 0 Å². The lowest BCUT2D eigenvalue weighted by Crippen LogP contribution is -2.24. The molecule has 1 amide bonds. The standard InChI is InChI=1S/C26H19F2N7OS/c27-18-3-1-14(7-19(18)28)11-35-12-15-5-6-30-25(23(15)26(35)36)32-9-16-2-4-22(37-16)20-8-17-21(10-31-20)33-13-34-24(17)29/h1-8,10,13H,9,11-12H2,(H,30,32)(H2,29,33,34). The number of anilines is 2. The van der Waals surface area contributed by atoms with Gasteiger partial charge in [-0.2, -0.15) is 0 Å². The summed E-state index contributed by atoms with van der Waals surface area (Å²) in [6.45, 7) is 1.00. The van der Waals surface area contributed by atoms with E-state index in [0.29, 0.717) is 41.4 Å². The summed E-state index contributed by atoms with van der Waals surface area (Å²) in [5.41, 5.74) is 9.28. The van der Waals surface area contributed by atoms with Crippen LogP contribution >= 0.6 is 11.3 Å². The summed E-state index contributed by atoms with van der Waals surface area (Å²) in [7, 11) is 0. The van der Waals surface area contributed by atoms with E-state index in [4.69, 9.17) is 5.73 Å². The maximum atomic E-state index is 13.6. The quantitative estimate of drug-likeness (QED) is 0.335. The van der Waals surface area contributed by atoms with Crippen LogP contribution in [0.3, 0.4) is 0 Å². The molecule has 0 bridgehead atoms. The lowest BCUT2D eigenvalue weighted by atomic mass is 10.1. The fourth-order valence-corrected chi connectivity index (χ4v) is 5.24. The van der Waals surface area contributed by atoms with Crippen LogP contribution in [0.15, 0.2) is 61.2 Å². The van der Waals surface area contributed by atoms with Crippen molar-refractivity contribution in [2.75, 3.05) is 11.1 Å². The maximum absolute atomic E-state index is 13.6. The van der Waals surface area contributed by atoms with E-state index in [9.17, 15) is 13.6 Å². The van der Waals surface area contributed by atoms with E-state index in [0.717, 1.165) is 38.5 Å². The second-order valence-corrected chi connectivity index (χ2v) is 9.74. The Morgan fingerprint density at radius 1 is 1.03 bits per heavy atom. The molecule has 0 fully saturated rings. The summed E-state index contributed by atoms with van der Waals surface area (Å²) in [5, 5.41) is 4.02. The molecule has 1 aromatic carbocycles. The van der Waals surface area contributed by atoms with Crippen molar-refractivity contribution in [1.82, 2.24) is 24.8 Å². The Hall–Kier alpha value is -4.51. The average Bonchev–Trinajstić information content (AvgIpc) is 3.50. The largest absolute Gasteiger partial charge is 0.383 e. The van der Waals surface area contributed by atoms with Gasteiger partial charge in [-0.3, -0.25) is 9.78 Å². The van der Waals surface area contributed by atoms with Crippen molar-refractivity contribution in [1.29, 1.82) is 0 Å². The molecule has 3 N–H and O–H groups in total. The predicted octanol–water partition coefficient (Wildman–Crippen LogP) is 4.78. The van der Waals surface area contributed by atoms with Crippen molar-refractivity contribution in [3.8, 4) is 10.6 Å². The molecule has 8 nitrogen and oxygen atoms in total. The first-order valence-corrected chi connectivity index (χ1v) is 12.2. The second-order valence-electron chi connectivity index (χ2n) is 8.57. The Kier molecular flexibility index (Phi) is 5.68. The van der Waals surface area contributed by atoms with Gasteiger partial charge in [0.2, 0.25) is 0 Å². The number of nitrogen functional groups attached to an aromatic ring is 1. The number of nitrogens with two attached hydrogens (primary N) is 1. The Morgan fingerprint density at radius 2 is 1.92 bits per heavy atom. The number of carbonyl (C=O) groups is 1. The van der Waals surface area contributed by atoms with Gasteiger partial charge in [0.25, 0.3) is 5.91 Å². The molecule has 4 aromatic heterocycles. The number of hydrogen-bond donors (Lipinski definition) is 2. The van der Waals surface area contributed by atoms with Gasteiger partial charge in [-0.25, -0.2) is 23.7 Å². The number of rotatable bonds is 6. The van der Waals surface area contributed by atoms with E-state index in [1.807, 2.05) is 18.2 Å². The number of aromatic nitrogens is 4. The third-order valence-electron chi connectivity index (χ3n) is 6.15. The molecule has 0 radical (unpaired) electrons. The van der Waals surface area contributed by atoms with Crippen LogP contribution in [0, 0.1) is 11.6 Å². The monoisotopic (exact) mass is 515 g/mol. The van der Waals surface area contributed by atoms with Crippen molar-refractivity contribution in [2.45, 2.75) is 19.6 Å². The predicted molar refractivity (Wildman–Crippen MR) is 137 cm³/mol. The molecule has 11 heteroatoms. The third kappa shape index (κ3) is 4.33. The molecule has 5 aromatic rings. The summed E-state index contributed by atoms with van der Waals surface area (Å²) in [6, 6.07) is 11.3. The van der Waals surface area contributed by atoms with Crippen molar-refractivity contribution in [2.24, 2.45) is 0 Å². The highest BCUT2D eigenvalue weighted by Crippen LogP contribution is 2.32. The highest BCUT2D eigenvalue weighted by molar-refractivity contribution is 7.15. The summed E-state index contributed by atoms with van der Waals surface area (Å²) >= 11 is 1.56. The molecule has 0 saturated heterocycles. The molecule has 0 aliphatic carbocycles. The lowest BCUT2D eigenvalue weighted by Gasteiger charge is -2.16. The van der Waals surface area contributed by atoms with E-state index in [-0.39, 0.29) is 12.5 Å². The number of pyridine rings is 2. The third-order valence-corrected chi connectivity index (χ3v) is 7.26. The van der Waals surface area contributed by atoms with E-state index in [1.54, 1.807) is 34.7 Å². The minimum atomic E-state index is -0.934. The van der Waals surface area contributed by atoms with Crippen molar-refractivity contribution < 1.29 is 13.6 Å². The summed E-state index contributed by atoms with van der Waals surface area (Å²) in [5.74, 6) is -1.17. The van der Waals surface area contributed by atoms with Gasteiger partial charge in [-0.05, 0) is 47.5 Å². The molecule has 37 heavy (non-hydrogen) atoms. The number of nitrogens with one attached hydrogen (secondary N) is 1. The highest BCUT2D eigenvalue weighted by atomic mass is 32.1. The Bertz CT molecular complexity index is 1670. The van der Waals surface area contributed by atoms with E-state index >= 15 is 0 Å². The van der Waals surface area contributed by atoms with Crippen molar-refractivity contribution >= 4 is 39.8 Å². The number of halogens is 2. The molecule has 0 saturated carbocycles. The smallest absolute Gasteiger partial charge is 0.258 e. The molecule has 0 atom stereocenters. The topological polar surface area (TPSA) is 110 Å². The average molecular weight is 516 g/mol. The summed E-state index contributed by atoms with van der Waals surface area (Å²) in [4.78, 5) is 33.9. The van der Waals surface area contributed by atoms with Crippen LogP contribution < -0.4 is 11.1 Å². The molecule has 1 aliphatic heterocycles. The van der Waals surface area contributed by atoms with Crippen LogP contribution in [0.25, 0.3) is 21.5 Å². The number of carbonyl (C=O) groups excluding carboxylic acids is 1. The molecule has 1 aliphatic rings. The van der Waals surface area contributed by atoms with E-state index in [2.05, 4.69) is 25.3 Å². The van der Waals surface area contributed by atoms with Gasteiger partial charge in [-0.1, -0.05) is 6.07 Å². The Balaban J connectivity index is 1.18. The second kappa shape index (κ2) is 9.17. The molecular formula is C26H19F2N7OS. The molecule has 6 rings (SSSR count). The van der Waals surface area contributed by atoms with Crippen LogP contribution in [-0.4, -0.2) is 30.7 Å². The minimum Gasteiger partial charge on any atom is -0.383 e. The zero-order valence-electron chi connectivity index (χ0n) is 19.3. The first-order chi connectivity index (χ1) is 18.0. The van der Waals surface area contributed by atoms with Crippen LogP contribution in [0.4, 0.5) is 20.4 Å². The van der Waals surface area contributed by atoms with Gasteiger partial charge in [0.1, 0.15) is 18.0 Å². The van der Waals surface area contributed by atoms with Crippen LogP contribution in [-0.2, 0) is 19.6 Å². The van der Waals surface area contributed by atoms with Gasteiger partial charge in [0, 0.05) is 29.5 Å². The Labute approximate surface area is 213 Å². The number of hydrogen-bond acceptors (Lipinski definition) is 8. The number of thiophene rings is 1. The van der Waals surface area contributed by atoms with Gasteiger partial charge < -0.3 is 16.0 Å². The molecule has 5 heterocycles. The van der Waals surface area contributed by atoms with E-state index < -0.39 is 11.6 Å². The normalized spacial score (nSPS) is 12.8.